The highest BCUT2D eigenvalue weighted by molar-refractivity contribution is 7.93. The lowest BCUT2D eigenvalue weighted by molar-refractivity contribution is 0.593. The fraction of sp³-hybridized carbons (Fsp3) is 0.167. The Bertz CT molecular complexity index is 1490. The third kappa shape index (κ3) is 3.46. The second-order valence-electron chi connectivity index (χ2n) is 7.85. The molecular weight excluding hydrogens is 429 g/mol. The van der Waals surface area contributed by atoms with Crippen LogP contribution in [0.2, 0.25) is 0 Å². The van der Waals surface area contributed by atoms with Gasteiger partial charge in [0, 0.05) is 18.0 Å². The third-order valence-corrected chi connectivity index (χ3v) is 7.97. The Morgan fingerprint density at radius 3 is 2.34 bits per heavy atom. The maximum absolute atomic E-state index is 13.4. The molecule has 5 rings (SSSR count). The highest BCUT2D eigenvalue weighted by Gasteiger charge is 2.38. The van der Waals surface area contributed by atoms with Gasteiger partial charge < -0.3 is 0 Å². The van der Waals surface area contributed by atoms with E-state index < -0.39 is 15.8 Å². The van der Waals surface area contributed by atoms with E-state index in [2.05, 4.69) is 5.10 Å². The number of rotatable bonds is 5. The Morgan fingerprint density at radius 2 is 1.66 bits per heavy atom. The first-order chi connectivity index (χ1) is 15.4. The highest BCUT2D eigenvalue weighted by atomic mass is 32.2. The molecule has 6 nitrogen and oxygen atoms in total. The predicted octanol–water partition coefficient (Wildman–Crippen LogP) is 4.12. The monoisotopic (exact) mass is 449 g/mol. The molecule has 0 unspecified atom stereocenters. The third-order valence-electron chi connectivity index (χ3n) is 5.69. The molecule has 162 valence electrons. The standard InChI is InChI=1S/C24H20FN3O3S/c1-27(32(30,31)20-13-14-20)19-6-4-5-16(15-19)23-21-7-2-3-8-22(21)24(29)28(26-23)18-11-9-17(25)10-12-18/h2-12,15,20H,13-14H2,1H3. The number of fused-ring (bicyclic) bond motifs is 1. The van der Waals surface area contributed by atoms with E-state index in [1.165, 1.54) is 33.3 Å². The summed E-state index contributed by atoms with van der Waals surface area (Å²) in [4.78, 5) is 13.1. The molecule has 0 atom stereocenters. The Labute approximate surface area is 184 Å². The molecule has 1 heterocycles. The van der Waals surface area contributed by atoms with Crippen LogP contribution in [0.4, 0.5) is 10.1 Å². The molecule has 0 N–H and O–H groups in total. The van der Waals surface area contributed by atoms with E-state index in [0.717, 1.165) is 0 Å². The van der Waals surface area contributed by atoms with Crippen LogP contribution in [0.1, 0.15) is 12.8 Å². The van der Waals surface area contributed by atoms with Crippen molar-refractivity contribution in [3.8, 4) is 16.9 Å². The summed E-state index contributed by atoms with van der Waals surface area (Å²) < 4.78 is 41.4. The van der Waals surface area contributed by atoms with E-state index in [4.69, 9.17) is 0 Å². The number of sulfonamides is 1. The van der Waals surface area contributed by atoms with Crippen LogP contribution in [0.5, 0.6) is 0 Å². The first kappa shape index (κ1) is 20.4. The Kier molecular flexibility index (Phi) is 4.82. The van der Waals surface area contributed by atoms with Crippen LogP contribution in [0.3, 0.4) is 0 Å². The SMILES string of the molecule is CN(c1cccc(-c2nn(-c3ccc(F)cc3)c(=O)c3ccccc23)c1)S(=O)(=O)C1CC1. The second-order valence-corrected chi connectivity index (χ2v) is 10.1. The van der Waals surface area contributed by atoms with Crippen molar-refractivity contribution < 1.29 is 12.8 Å². The number of hydrogen-bond donors (Lipinski definition) is 0. The molecule has 1 fully saturated rings. The summed E-state index contributed by atoms with van der Waals surface area (Å²) in [5.41, 5.74) is 1.85. The van der Waals surface area contributed by atoms with Gasteiger partial charge in [-0.1, -0.05) is 30.3 Å². The summed E-state index contributed by atoms with van der Waals surface area (Å²) in [5, 5.41) is 5.39. The van der Waals surface area contributed by atoms with Gasteiger partial charge in [-0.3, -0.25) is 9.10 Å². The minimum Gasteiger partial charge on any atom is -0.273 e. The quantitative estimate of drug-likeness (QED) is 0.460. The van der Waals surface area contributed by atoms with Crippen molar-refractivity contribution in [2.24, 2.45) is 0 Å². The van der Waals surface area contributed by atoms with Crippen LogP contribution in [0, 0.1) is 5.82 Å². The van der Waals surface area contributed by atoms with E-state index in [9.17, 15) is 17.6 Å². The van der Waals surface area contributed by atoms with E-state index in [1.807, 2.05) is 18.2 Å². The number of anilines is 1. The van der Waals surface area contributed by atoms with Crippen LogP contribution in [-0.2, 0) is 10.0 Å². The Morgan fingerprint density at radius 1 is 0.969 bits per heavy atom. The first-order valence-electron chi connectivity index (χ1n) is 10.2. The molecule has 4 aromatic rings. The zero-order valence-electron chi connectivity index (χ0n) is 17.3. The molecule has 0 bridgehead atoms. The van der Waals surface area contributed by atoms with Crippen LogP contribution in [0.15, 0.2) is 77.6 Å². The largest absolute Gasteiger partial charge is 0.279 e. The molecular formula is C24H20FN3O3S. The fourth-order valence-corrected chi connectivity index (χ4v) is 5.33. The molecule has 0 saturated heterocycles. The molecule has 1 aliphatic carbocycles. The van der Waals surface area contributed by atoms with Crippen LogP contribution in [-0.4, -0.2) is 30.5 Å². The van der Waals surface area contributed by atoms with Gasteiger partial charge in [-0.25, -0.2) is 12.8 Å². The predicted molar refractivity (Wildman–Crippen MR) is 123 cm³/mol. The lowest BCUT2D eigenvalue weighted by Gasteiger charge is -2.20. The molecule has 3 aromatic carbocycles. The van der Waals surface area contributed by atoms with Gasteiger partial charge in [0.15, 0.2) is 0 Å². The number of nitrogens with zero attached hydrogens (tertiary/aromatic N) is 3. The normalized spacial score (nSPS) is 13.9. The van der Waals surface area contributed by atoms with Gasteiger partial charge in [0.1, 0.15) is 5.82 Å². The molecule has 32 heavy (non-hydrogen) atoms. The summed E-state index contributed by atoms with van der Waals surface area (Å²) >= 11 is 0. The zero-order chi connectivity index (χ0) is 22.5. The first-order valence-corrected chi connectivity index (χ1v) is 11.7. The molecule has 0 amide bonds. The van der Waals surface area contributed by atoms with Gasteiger partial charge in [-0.2, -0.15) is 9.78 Å². The van der Waals surface area contributed by atoms with E-state index >= 15 is 0 Å². The van der Waals surface area contributed by atoms with Crippen LogP contribution in [0.25, 0.3) is 27.7 Å². The van der Waals surface area contributed by atoms with Crippen molar-refractivity contribution in [3.05, 3.63) is 89.0 Å². The Hall–Kier alpha value is -3.52. The van der Waals surface area contributed by atoms with E-state index in [-0.39, 0.29) is 10.8 Å². The topological polar surface area (TPSA) is 72.3 Å². The van der Waals surface area contributed by atoms with Gasteiger partial charge >= 0.3 is 0 Å². The van der Waals surface area contributed by atoms with Gasteiger partial charge in [-0.05, 0) is 55.3 Å². The van der Waals surface area contributed by atoms with Crippen LogP contribution < -0.4 is 9.86 Å². The molecule has 8 heteroatoms. The smallest absolute Gasteiger partial charge is 0.273 e. The minimum atomic E-state index is -3.40. The van der Waals surface area contributed by atoms with Gasteiger partial charge in [0.2, 0.25) is 10.0 Å². The van der Waals surface area contributed by atoms with E-state index in [1.54, 1.807) is 37.4 Å². The van der Waals surface area contributed by atoms with Crippen molar-refractivity contribution in [1.82, 2.24) is 9.78 Å². The van der Waals surface area contributed by atoms with Gasteiger partial charge in [-0.15, -0.1) is 0 Å². The number of hydrogen-bond acceptors (Lipinski definition) is 4. The van der Waals surface area contributed by atoms with Crippen molar-refractivity contribution in [2.45, 2.75) is 18.1 Å². The zero-order valence-corrected chi connectivity index (χ0v) is 18.1. The average Bonchev–Trinajstić information content (AvgIpc) is 3.66. The molecule has 1 aromatic heterocycles. The minimum absolute atomic E-state index is 0.319. The van der Waals surface area contributed by atoms with Crippen molar-refractivity contribution >= 4 is 26.5 Å². The number of aromatic nitrogens is 2. The highest BCUT2D eigenvalue weighted by Crippen LogP contribution is 2.34. The summed E-state index contributed by atoms with van der Waals surface area (Å²) in [6.07, 6.45) is 1.36. The van der Waals surface area contributed by atoms with Crippen molar-refractivity contribution in [1.29, 1.82) is 0 Å². The number of benzene rings is 3. The summed E-state index contributed by atoms with van der Waals surface area (Å²) in [7, 11) is -1.85. The summed E-state index contributed by atoms with van der Waals surface area (Å²) in [6.45, 7) is 0. The summed E-state index contributed by atoms with van der Waals surface area (Å²) in [6, 6.07) is 19.8. The molecule has 0 spiro atoms. The van der Waals surface area contributed by atoms with Gasteiger partial charge in [0.25, 0.3) is 5.56 Å². The second kappa shape index (κ2) is 7.56. The van der Waals surface area contributed by atoms with E-state index in [0.29, 0.717) is 46.2 Å². The maximum atomic E-state index is 13.4. The van der Waals surface area contributed by atoms with Gasteiger partial charge in [0.05, 0.1) is 27.7 Å². The lowest BCUT2D eigenvalue weighted by atomic mass is 10.0. The lowest BCUT2D eigenvalue weighted by Crippen LogP contribution is -2.29. The van der Waals surface area contributed by atoms with Crippen LogP contribution >= 0.6 is 0 Å². The maximum Gasteiger partial charge on any atom is 0.279 e. The summed E-state index contributed by atoms with van der Waals surface area (Å²) in [5.74, 6) is -0.407. The fourth-order valence-electron chi connectivity index (χ4n) is 3.75. The molecule has 1 saturated carbocycles. The van der Waals surface area contributed by atoms with Crippen molar-refractivity contribution in [2.75, 3.05) is 11.4 Å². The van der Waals surface area contributed by atoms with Crippen molar-refractivity contribution in [3.63, 3.8) is 0 Å². The Balaban J connectivity index is 1.70. The number of halogens is 1. The molecule has 0 aliphatic heterocycles. The molecule has 1 aliphatic rings. The average molecular weight is 450 g/mol. The molecule has 0 radical (unpaired) electrons.